The van der Waals surface area contributed by atoms with E-state index in [1.54, 1.807) is 0 Å². The first-order valence-corrected chi connectivity index (χ1v) is 5.90. The van der Waals surface area contributed by atoms with Gasteiger partial charge in [-0.2, -0.15) is 0 Å². The van der Waals surface area contributed by atoms with E-state index in [9.17, 15) is 26.7 Å². The number of pyridine rings is 1. The Kier molecular flexibility index (Phi) is 5.70. The number of methoxy groups -OCH3 is 1. The molecule has 0 N–H and O–H groups in total. The molecule has 0 saturated carbocycles. The zero-order valence-corrected chi connectivity index (χ0v) is 11.3. The minimum Gasteiger partial charge on any atom is -0.469 e. The van der Waals surface area contributed by atoms with Crippen molar-refractivity contribution in [2.45, 2.75) is 25.1 Å². The van der Waals surface area contributed by atoms with E-state index in [0.29, 0.717) is 6.20 Å². The molecular formula is C11H9ClF5NO3. The van der Waals surface area contributed by atoms with Crippen LogP contribution >= 0.6 is 11.6 Å². The first-order valence-electron chi connectivity index (χ1n) is 5.37. The van der Waals surface area contributed by atoms with Gasteiger partial charge >= 0.3 is 12.3 Å². The van der Waals surface area contributed by atoms with Gasteiger partial charge < -0.3 is 9.47 Å². The molecule has 1 aromatic heterocycles. The fourth-order valence-corrected chi connectivity index (χ4v) is 1.76. The standard InChI is InChI=1S/C11H9ClF5NO3/c1-20-8(19)2-7-9(21-11(15,16)17)5(3-12)6(4-18-7)10(13)14/h4,10H,2-3H2,1H3. The van der Waals surface area contributed by atoms with Crippen LogP contribution in [0.5, 0.6) is 5.75 Å². The third-order valence-electron chi connectivity index (χ3n) is 2.37. The van der Waals surface area contributed by atoms with E-state index in [4.69, 9.17) is 11.6 Å². The lowest BCUT2D eigenvalue weighted by Gasteiger charge is -2.17. The van der Waals surface area contributed by atoms with E-state index in [1.165, 1.54) is 0 Å². The molecule has 0 fully saturated rings. The molecule has 0 unspecified atom stereocenters. The topological polar surface area (TPSA) is 48.4 Å². The van der Waals surface area contributed by atoms with E-state index < -0.39 is 53.6 Å². The maximum Gasteiger partial charge on any atom is 0.573 e. The van der Waals surface area contributed by atoms with E-state index in [1.807, 2.05) is 0 Å². The summed E-state index contributed by atoms with van der Waals surface area (Å²) in [5, 5.41) is 0. The molecule has 118 valence electrons. The quantitative estimate of drug-likeness (QED) is 0.471. The molecule has 0 aliphatic carbocycles. The van der Waals surface area contributed by atoms with E-state index in [0.717, 1.165) is 7.11 Å². The van der Waals surface area contributed by atoms with E-state index in [2.05, 4.69) is 14.5 Å². The third-order valence-corrected chi connectivity index (χ3v) is 2.64. The molecule has 1 heterocycles. The molecule has 0 aliphatic heterocycles. The average molecular weight is 334 g/mol. The Labute approximate surface area is 120 Å². The number of alkyl halides is 6. The van der Waals surface area contributed by atoms with Crippen LogP contribution in [0.15, 0.2) is 6.20 Å². The Morgan fingerprint density at radius 1 is 1.43 bits per heavy atom. The molecule has 10 heteroatoms. The van der Waals surface area contributed by atoms with Crippen molar-refractivity contribution < 1.29 is 36.2 Å². The second kappa shape index (κ2) is 6.88. The Bertz CT molecular complexity index is 521. The second-order valence-corrected chi connectivity index (χ2v) is 3.97. The van der Waals surface area contributed by atoms with Crippen LogP contribution in [0.3, 0.4) is 0 Å². The largest absolute Gasteiger partial charge is 0.573 e. The normalized spacial score (nSPS) is 11.6. The smallest absolute Gasteiger partial charge is 0.469 e. The summed E-state index contributed by atoms with van der Waals surface area (Å²) in [7, 11) is 1.02. The summed E-state index contributed by atoms with van der Waals surface area (Å²) in [6, 6.07) is 0. The number of aromatic nitrogens is 1. The Balaban J connectivity index is 3.39. The predicted molar refractivity (Wildman–Crippen MR) is 61.2 cm³/mol. The van der Waals surface area contributed by atoms with Crippen molar-refractivity contribution in [3.05, 3.63) is 23.0 Å². The van der Waals surface area contributed by atoms with Gasteiger partial charge in [-0.05, 0) is 0 Å². The average Bonchev–Trinajstić information content (AvgIpc) is 2.38. The van der Waals surface area contributed by atoms with Crippen molar-refractivity contribution in [2.75, 3.05) is 7.11 Å². The lowest BCUT2D eigenvalue weighted by Crippen LogP contribution is -2.21. The number of carbonyl (C=O) groups is 1. The number of hydrogen-bond donors (Lipinski definition) is 0. The minimum absolute atomic E-state index is 0.487. The van der Waals surface area contributed by atoms with E-state index in [-0.39, 0.29) is 0 Å². The molecule has 0 aromatic carbocycles. The van der Waals surface area contributed by atoms with Gasteiger partial charge in [0, 0.05) is 17.3 Å². The Morgan fingerprint density at radius 2 is 2.05 bits per heavy atom. The molecule has 0 saturated heterocycles. The maximum atomic E-state index is 12.8. The summed E-state index contributed by atoms with van der Waals surface area (Å²) < 4.78 is 70.7. The summed E-state index contributed by atoms with van der Waals surface area (Å²) in [5.41, 5.74) is -1.85. The zero-order chi connectivity index (χ0) is 16.2. The lowest BCUT2D eigenvalue weighted by molar-refractivity contribution is -0.275. The maximum absolute atomic E-state index is 12.8. The molecule has 0 bridgehead atoms. The van der Waals surface area contributed by atoms with Crippen molar-refractivity contribution in [2.24, 2.45) is 0 Å². The van der Waals surface area contributed by atoms with Gasteiger partial charge in [-0.15, -0.1) is 24.8 Å². The van der Waals surface area contributed by atoms with E-state index >= 15 is 0 Å². The summed E-state index contributed by atoms with van der Waals surface area (Å²) in [6.07, 6.45) is -8.25. The third kappa shape index (κ3) is 4.69. The molecule has 0 aliphatic rings. The minimum atomic E-state index is -5.14. The summed E-state index contributed by atoms with van der Waals surface area (Å²) in [4.78, 5) is 14.6. The van der Waals surface area contributed by atoms with Gasteiger partial charge in [-0.25, -0.2) is 8.78 Å². The highest BCUT2D eigenvalue weighted by molar-refractivity contribution is 6.17. The fourth-order valence-electron chi connectivity index (χ4n) is 1.49. The van der Waals surface area contributed by atoms with Crippen LogP contribution in [0.25, 0.3) is 0 Å². The van der Waals surface area contributed by atoms with Gasteiger partial charge in [-0.1, -0.05) is 0 Å². The molecule has 1 rings (SSSR count). The van der Waals surface area contributed by atoms with Crippen LogP contribution in [0.2, 0.25) is 0 Å². The summed E-state index contributed by atoms with van der Waals surface area (Å²) >= 11 is 5.43. The molecule has 0 spiro atoms. The number of ether oxygens (including phenoxy) is 2. The van der Waals surface area contributed by atoms with Crippen LogP contribution in [-0.4, -0.2) is 24.4 Å². The predicted octanol–water partition coefficient (Wildman–Crippen LogP) is 3.37. The molecule has 0 amide bonds. The first-order chi connectivity index (χ1) is 9.69. The molecule has 0 atom stereocenters. The van der Waals surface area contributed by atoms with Gasteiger partial charge in [0.1, 0.15) is 0 Å². The van der Waals surface area contributed by atoms with Crippen LogP contribution in [0.4, 0.5) is 22.0 Å². The zero-order valence-electron chi connectivity index (χ0n) is 10.5. The van der Waals surface area contributed by atoms with Crippen LogP contribution in [0.1, 0.15) is 23.2 Å². The van der Waals surface area contributed by atoms with Crippen molar-refractivity contribution in [1.82, 2.24) is 4.98 Å². The molecule has 1 aromatic rings. The highest BCUT2D eigenvalue weighted by Crippen LogP contribution is 2.36. The van der Waals surface area contributed by atoms with Crippen molar-refractivity contribution in [3.63, 3.8) is 0 Å². The van der Waals surface area contributed by atoms with Crippen molar-refractivity contribution >= 4 is 17.6 Å². The summed E-state index contributed by atoms with van der Waals surface area (Å²) in [6.45, 7) is 0. The Morgan fingerprint density at radius 3 is 2.48 bits per heavy atom. The summed E-state index contributed by atoms with van der Waals surface area (Å²) in [5.74, 6) is -2.57. The number of esters is 1. The Hall–Kier alpha value is -1.64. The monoisotopic (exact) mass is 333 g/mol. The van der Waals surface area contributed by atoms with Crippen LogP contribution in [0, 0.1) is 0 Å². The van der Waals surface area contributed by atoms with Gasteiger partial charge in [-0.3, -0.25) is 9.78 Å². The molecule has 0 radical (unpaired) electrons. The van der Waals surface area contributed by atoms with Gasteiger partial charge in [0.05, 0.1) is 25.1 Å². The lowest BCUT2D eigenvalue weighted by atomic mass is 10.1. The number of carbonyl (C=O) groups excluding carboxylic acids is 1. The van der Waals surface area contributed by atoms with Gasteiger partial charge in [0.2, 0.25) is 0 Å². The number of rotatable bonds is 5. The molecule has 4 nitrogen and oxygen atoms in total. The van der Waals surface area contributed by atoms with Crippen molar-refractivity contribution in [3.8, 4) is 5.75 Å². The number of halogens is 6. The fraction of sp³-hybridized carbons (Fsp3) is 0.455. The highest BCUT2D eigenvalue weighted by Gasteiger charge is 2.35. The van der Waals surface area contributed by atoms with Crippen molar-refractivity contribution in [1.29, 1.82) is 0 Å². The van der Waals surface area contributed by atoms with Gasteiger partial charge in [0.25, 0.3) is 6.43 Å². The molecule has 21 heavy (non-hydrogen) atoms. The number of hydrogen-bond acceptors (Lipinski definition) is 4. The SMILES string of the molecule is COC(=O)Cc1ncc(C(F)F)c(CCl)c1OC(F)(F)F. The number of nitrogens with zero attached hydrogens (tertiary/aromatic N) is 1. The second-order valence-electron chi connectivity index (χ2n) is 3.70. The van der Waals surface area contributed by atoms with Crippen LogP contribution < -0.4 is 4.74 Å². The first kappa shape index (κ1) is 17.4. The molecular weight excluding hydrogens is 325 g/mol. The van der Waals surface area contributed by atoms with Crippen LogP contribution in [-0.2, 0) is 21.8 Å². The van der Waals surface area contributed by atoms with Gasteiger partial charge in [0.15, 0.2) is 5.75 Å². The highest BCUT2D eigenvalue weighted by atomic mass is 35.5.